The summed E-state index contributed by atoms with van der Waals surface area (Å²) in [4.78, 5) is 2.70. The van der Waals surface area contributed by atoms with Gasteiger partial charge in [0.1, 0.15) is 0 Å². The molecule has 1 aromatic heterocycles. The van der Waals surface area contributed by atoms with Crippen molar-refractivity contribution < 1.29 is 0 Å². The van der Waals surface area contributed by atoms with E-state index in [0.717, 1.165) is 12.1 Å². The van der Waals surface area contributed by atoms with Gasteiger partial charge in [-0.2, -0.15) is 0 Å². The molecule has 1 aromatic rings. The lowest BCUT2D eigenvalue weighted by atomic mass is 9.80. The lowest BCUT2D eigenvalue weighted by Gasteiger charge is -2.46. The van der Waals surface area contributed by atoms with Crippen molar-refractivity contribution in [3.8, 4) is 0 Å². The van der Waals surface area contributed by atoms with E-state index < -0.39 is 0 Å². The molecule has 1 unspecified atom stereocenters. The van der Waals surface area contributed by atoms with Gasteiger partial charge in [-0.1, -0.05) is 19.1 Å². The van der Waals surface area contributed by atoms with Crippen LogP contribution in [0.3, 0.4) is 0 Å². The van der Waals surface area contributed by atoms with Gasteiger partial charge in [0.05, 0.1) is 5.69 Å². The number of likely N-dealkylation sites (N-methyl/N-ethyl adjacent to an activating group) is 1. The van der Waals surface area contributed by atoms with Crippen LogP contribution in [0.15, 0.2) is 6.20 Å². The molecule has 1 aliphatic rings. The number of hydrogen-bond acceptors (Lipinski definition) is 4. The van der Waals surface area contributed by atoms with Crippen LogP contribution < -0.4 is 5.32 Å². The van der Waals surface area contributed by atoms with Gasteiger partial charge in [-0.3, -0.25) is 9.58 Å². The van der Waals surface area contributed by atoms with Crippen molar-refractivity contribution in [2.75, 3.05) is 20.1 Å². The quantitative estimate of drug-likeness (QED) is 0.823. The Morgan fingerprint density at radius 3 is 2.40 bits per heavy atom. The third-order valence-electron chi connectivity index (χ3n) is 5.02. The van der Waals surface area contributed by atoms with E-state index in [2.05, 4.69) is 41.4 Å². The zero-order chi connectivity index (χ0) is 14.6. The van der Waals surface area contributed by atoms with E-state index in [1.54, 1.807) is 4.68 Å². The number of nitrogens with one attached hydrogen (secondary N) is 1. The van der Waals surface area contributed by atoms with Gasteiger partial charge in [-0.15, -0.1) is 5.10 Å². The summed E-state index contributed by atoms with van der Waals surface area (Å²) in [6.45, 7) is 7.12. The Kier molecular flexibility index (Phi) is 5.16. The van der Waals surface area contributed by atoms with Crippen molar-refractivity contribution >= 4 is 0 Å². The molecule has 1 fully saturated rings. The van der Waals surface area contributed by atoms with Gasteiger partial charge in [-0.05, 0) is 45.8 Å². The second kappa shape index (κ2) is 6.68. The van der Waals surface area contributed by atoms with Crippen molar-refractivity contribution in [3.63, 3.8) is 0 Å². The van der Waals surface area contributed by atoms with Crippen molar-refractivity contribution in [1.29, 1.82) is 0 Å². The van der Waals surface area contributed by atoms with Crippen LogP contribution >= 0.6 is 0 Å². The first kappa shape index (κ1) is 15.4. The second-order valence-corrected chi connectivity index (χ2v) is 5.93. The van der Waals surface area contributed by atoms with Crippen molar-refractivity contribution in [2.45, 2.75) is 57.5 Å². The highest BCUT2D eigenvalue weighted by Crippen LogP contribution is 2.32. The summed E-state index contributed by atoms with van der Waals surface area (Å²) in [5.74, 6) is 0. The van der Waals surface area contributed by atoms with Gasteiger partial charge in [-0.25, -0.2) is 0 Å². The molecule has 0 spiro atoms. The summed E-state index contributed by atoms with van der Waals surface area (Å²) >= 11 is 0. The molecule has 0 radical (unpaired) electrons. The fraction of sp³-hybridized carbons (Fsp3) is 0.867. The highest BCUT2D eigenvalue weighted by molar-refractivity contribution is 5.06. The molecular formula is C15H29N5. The normalized spacial score (nSPS) is 18.6. The number of rotatable bonds is 7. The first-order chi connectivity index (χ1) is 9.66. The van der Waals surface area contributed by atoms with E-state index in [0.29, 0.717) is 6.04 Å². The fourth-order valence-corrected chi connectivity index (χ4v) is 3.83. The molecule has 0 bridgehead atoms. The number of nitrogens with zero attached hydrogens (tertiary/aromatic N) is 4. The van der Waals surface area contributed by atoms with Crippen LogP contribution in [-0.4, -0.2) is 51.6 Å². The van der Waals surface area contributed by atoms with Crippen LogP contribution in [0.5, 0.6) is 0 Å². The second-order valence-electron chi connectivity index (χ2n) is 5.93. The third-order valence-corrected chi connectivity index (χ3v) is 5.02. The van der Waals surface area contributed by atoms with Gasteiger partial charge in [0.2, 0.25) is 0 Å². The molecule has 2 heterocycles. The molecule has 2 rings (SSSR count). The molecule has 20 heavy (non-hydrogen) atoms. The minimum Gasteiger partial charge on any atom is -0.315 e. The van der Waals surface area contributed by atoms with E-state index >= 15 is 0 Å². The number of likely N-dealkylation sites (tertiary alicyclic amines) is 1. The number of aromatic nitrogens is 3. The SMILES string of the molecule is CCC(CC)(C(Cc1cn(C)nn1)NC)N1CCCC1. The zero-order valence-electron chi connectivity index (χ0n) is 13.4. The minimum atomic E-state index is 0.239. The van der Waals surface area contributed by atoms with E-state index in [1.165, 1.54) is 38.8 Å². The van der Waals surface area contributed by atoms with Crippen LogP contribution in [-0.2, 0) is 13.5 Å². The van der Waals surface area contributed by atoms with Gasteiger partial charge in [0.25, 0.3) is 0 Å². The van der Waals surface area contributed by atoms with Gasteiger partial charge >= 0.3 is 0 Å². The first-order valence-electron chi connectivity index (χ1n) is 7.93. The molecule has 1 aliphatic heterocycles. The molecule has 114 valence electrons. The summed E-state index contributed by atoms with van der Waals surface area (Å²) in [5.41, 5.74) is 1.32. The van der Waals surface area contributed by atoms with E-state index in [-0.39, 0.29) is 5.54 Å². The minimum absolute atomic E-state index is 0.239. The molecular weight excluding hydrogens is 250 g/mol. The smallest absolute Gasteiger partial charge is 0.0843 e. The molecule has 1 N–H and O–H groups in total. The summed E-state index contributed by atoms with van der Waals surface area (Å²) in [6, 6.07) is 0.423. The van der Waals surface area contributed by atoms with Crippen LogP contribution in [0.2, 0.25) is 0 Å². The van der Waals surface area contributed by atoms with E-state index in [4.69, 9.17) is 0 Å². The Bertz CT molecular complexity index is 404. The molecule has 0 aromatic carbocycles. The van der Waals surface area contributed by atoms with E-state index in [1.807, 2.05) is 13.2 Å². The van der Waals surface area contributed by atoms with Crippen LogP contribution in [0, 0.1) is 0 Å². The van der Waals surface area contributed by atoms with E-state index in [9.17, 15) is 0 Å². The number of aryl methyl sites for hydroxylation is 1. The maximum absolute atomic E-state index is 4.27. The topological polar surface area (TPSA) is 46.0 Å². The Morgan fingerprint density at radius 1 is 1.30 bits per heavy atom. The van der Waals surface area contributed by atoms with Gasteiger partial charge < -0.3 is 5.32 Å². The highest BCUT2D eigenvalue weighted by Gasteiger charge is 2.41. The molecule has 1 atom stereocenters. The van der Waals surface area contributed by atoms with Gasteiger partial charge in [0.15, 0.2) is 0 Å². The van der Waals surface area contributed by atoms with Crippen LogP contribution in [0.25, 0.3) is 0 Å². The average Bonchev–Trinajstić information content (AvgIpc) is 3.11. The molecule has 0 amide bonds. The maximum Gasteiger partial charge on any atom is 0.0843 e. The highest BCUT2D eigenvalue weighted by atomic mass is 15.4. The molecule has 0 saturated carbocycles. The van der Waals surface area contributed by atoms with Crippen LogP contribution in [0.1, 0.15) is 45.2 Å². The van der Waals surface area contributed by atoms with Crippen molar-refractivity contribution in [1.82, 2.24) is 25.2 Å². The van der Waals surface area contributed by atoms with Gasteiger partial charge in [0, 0.05) is 31.2 Å². The lowest BCUT2D eigenvalue weighted by molar-refractivity contribution is 0.0647. The predicted molar refractivity (Wildman–Crippen MR) is 81.7 cm³/mol. The maximum atomic E-state index is 4.27. The fourth-order valence-electron chi connectivity index (χ4n) is 3.83. The largest absolute Gasteiger partial charge is 0.315 e. The molecule has 5 heteroatoms. The Hall–Kier alpha value is -0.940. The summed E-state index contributed by atoms with van der Waals surface area (Å²) in [5, 5.41) is 11.9. The zero-order valence-corrected chi connectivity index (χ0v) is 13.4. The molecule has 5 nitrogen and oxygen atoms in total. The Labute approximate surface area is 122 Å². The summed E-state index contributed by atoms with van der Waals surface area (Å²) < 4.78 is 1.79. The average molecular weight is 279 g/mol. The predicted octanol–water partition coefficient (Wildman–Crippen LogP) is 1.60. The monoisotopic (exact) mass is 279 g/mol. The molecule has 1 saturated heterocycles. The number of hydrogen-bond donors (Lipinski definition) is 1. The summed E-state index contributed by atoms with van der Waals surface area (Å²) in [6.07, 6.45) is 8.00. The van der Waals surface area contributed by atoms with Crippen LogP contribution in [0.4, 0.5) is 0 Å². The lowest BCUT2D eigenvalue weighted by Crippen LogP contribution is -2.60. The molecule has 0 aliphatic carbocycles. The Morgan fingerprint density at radius 2 is 1.95 bits per heavy atom. The third kappa shape index (κ3) is 2.88. The van der Waals surface area contributed by atoms with Crippen molar-refractivity contribution in [3.05, 3.63) is 11.9 Å². The standard InChI is InChI=1S/C15H29N5/c1-5-15(6-2,20-9-7-8-10-20)14(16-3)11-13-12-19(4)18-17-13/h12,14,16H,5-11H2,1-4H3. The summed E-state index contributed by atoms with van der Waals surface area (Å²) in [7, 11) is 4.01. The van der Waals surface area contributed by atoms with Crippen molar-refractivity contribution in [2.24, 2.45) is 7.05 Å². The first-order valence-corrected chi connectivity index (χ1v) is 7.93. The Balaban J connectivity index is 2.19.